The number of carbonyl (C=O) groups excluding carboxylic acids is 2. The maximum atomic E-state index is 13.7. The van der Waals surface area contributed by atoms with Crippen molar-refractivity contribution in [3.05, 3.63) is 52.3 Å². The predicted molar refractivity (Wildman–Crippen MR) is 131 cm³/mol. The normalized spacial score (nSPS) is 18.8. The lowest BCUT2D eigenvalue weighted by molar-refractivity contribution is -0.114. The summed E-state index contributed by atoms with van der Waals surface area (Å²) in [4.78, 5) is 34.2. The first-order chi connectivity index (χ1) is 16.3. The summed E-state index contributed by atoms with van der Waals surface area (Å²) in [5, 5.41) is 7.98. The number of nitrogens with zero attached hydrogens (tertiary/aromatic N) is 5. The van der Waals surface area contributed by atoms with Crippen LogP contribution >= 0.6 is 11.6 Å². The molecule has 2 saturated heterocycles. The first kappa shape index (κ1) is 22.6. The van der Waals surface area contributed by atoms with E-state index in [9.17, 15) is 9.59 Å². The Balaban J connectivity index is 1.48. The molecule has 0 aliphatic carbocycles. The molecule has 10 heteroatoms. The molecule has 1 atom stereocenters. The number of anilines is 2. The molecule has 4 heterocycles. The number of rotatable bonds is 4. The highest BCUT2D eigenvalue weighted by molar-refractivity contribution is 6.31. The van der Waals surface area contributed by atoms with E-state index in [1.54, 1.807) is 22.7 Å². The van der Waals surface area contributed by atoms with Crippen molar-refractivity contribution >= 4 is 40.6 Å². The van der Waals surface area contributed by atoms with Crippen LogP contribution in [0.4, 0.5) is 11.5 Å². The number of fused-ring (bicyclic) bond motifs is 1. The molecule has 0 bridgehead atoms. The molecule has 0 radical (unpaired) electrons. The lowest BCUT2D eigenvalue weighted by Crippen LogP contribution is -2.56. The van der Waals surface area contributed by atoms with Crippen LogP contribution in [0.1, 0.15) is 53.8 Å². The van der Waals surface area contributed by atoms with Crippen LogP contribution in [0.2, 0.25) is 5.02 Å². The Morgan fingerprint density at radius 3 is 2.74 bits per heavy atom. The van der Waals surface area contributed by atoms with Gasteiger partial charge in [-0.1, -0.05) is 11.6 Å². The standard InChI is InChI=1S/C24H28ClN7O2/c1-14-11-32-22(28-23(14)30-12-17(26)13-30)10-20(29-32)21-5-3-4-8-31(21)24(34)18-9-16(25)6-7-19(18)27-15(2)33/h6-7,9-11,17,21H,3-5,8,12-13,26H2,1-2H3,(H,27,33). The van der Waals surface area contributed by atoms with Gasteiger partial charge in [0.2, 0.25) is 5.91 Å². The maximum absolute atomic E-state index is 13.7. The number of nitrogens with two attached hydrogens (primary N) is 1. The largest absolute Gasteiger partial charge is 0.353 e. The second kappa shape index (κ2) is 8.88. The molecule has 3 aromatic rings. The summed E-state index contributed by atoms with van der Waals surface area (Å²) in [5.41, 5.74) is 9.37. The fraction of sp³-hybridized carbons (Fsp3) is 0.417. The first-order valence-electron chi connectivity index (χ1n) is 11.6. The number of nitrogens with one attached hydrogen (secondary N) is 1. The van der Waals surface area contributed by atoms with Gasteiger partial charge in [0.1, 0.15) is 5.82 Å². The number of benzene rings is 1. The molecule has 1 unspecified atom stereocenters. The van der Waals surface area contributed by atoms with E-state index in [2.05, 4.69) is 10.2 Å². The average molecular weight is 482 g/mol. The van der Waals surface area contributed by atoms with Crippen molar-refractivity contribution in [1.29, 1.82) is 0 Å². The summed E-state index contributed by atoms with van der Waals surface area (Å²) in [6, 6.07) is 6.90. The number of halogens is 1. The van der Waals surface area contributed by atoms with E-state index in [0.29, 0.717) is 22.8 Å². The molecule has 2 aliphatic rings. The molecule has 0 spiro atoms. The number of likely N-dealkylation sites (tertiary alicyclic amines) is 1. The van der Waals surface area contributed by atoms with Gasteiger partial charge in [-0.2, -0.15) is 5.10 Å². The van der Waals surface area contributed by atoms with Crippen molar-refractivity contribution in [2.75, 3.05) is 29.9 Å². The third-order valence-corrected chi connectivity index (χ3v) is 6.70. The summed E-state index contributed by atoms with van der Waals surface area (Å²) in [6.07, 6.45) is 4.69. The summed E-state index contributed by atoms with van der Waals surface area (Å²) in [6.45, 7) is 5.64. The molecular weight excluding hydrogens is 454 g/mol. The SMILES string of the molecule is CC(=O)Nc1ccc(Cl)cc1C(=O)N1CCCCC1c1cc2nc(N3CC(N)C3)c(C)cn2n1. The van der Waals surface area contributed by atoms with E-state index in [-0.39, 0.29) is 23.9 Å². The molecular formula is C24H28ClN7O2. The molecule has 3 N–H and O–H groups in total. The molecule has 2 aromatic heterocycles. The quantitative estimate of drug-likeness (QED) is 0.592. The molecule has 1 aromatic carbocycles. The highest BCUT2D eigenvalue weighted by Gasteiger charge is 2.32. The van der Waals surface area contributed by atoms with E-state index in [0.717, 1.165) is 55.1 Å². The number of piperidine rings is 1. The zero-order valence-electron chi connectivity index (χ0n) is 19.3. The van der Waals surface area contributed by atoms with Gasteiger partial charge in [0.05, 0.1) is 23.0 Å². The van der Waals surface area contributed by atoms with Crippen LogP contribution in [0.25, 0.3) is 5.65 Å². The Morgan fingerprint density at radius 2 is 2.00 bits per heavy atom. The van der Waals surface area contributed by atoms with Crippen molar-refractivity contribution in [2.45, 2.75) is 45.2 Å². The second-order valence-corrected chi connectivity index (χ2v) is 9.60. The third kappa shape index (κ3) is 4.21. The molecule has 9 nitrogen and oxygen atoms in total. The van der Waals surface area contributed by atoms with Gasteiger partial charge < -0.3 is 20.9 Å². The van der Waals surface area contributed by atoms with Crippen LogP contribution in [0.15, 0.2) is 30.5 Å². The van der Waals surface area contributed by atoms with Gasteiger partial charge in [0.15, 0.2) is 5.65 Å². The van der Waals surface area contributed by atoms with Crippen molar-refractivity contribution in [3.8, 4) is 0 Å². The third-order valence-electron chi connectivity index (χ3n) is 6.46. The number of aryl methyl sites for hydroxylation is 1. The lowest BCUT2D eigenvalue weighted by Gasteiger charge is -2.38. The van der Waals surface area contributed by atoms with E-state index >= 15 is 0 Å². The molecule has 0 saturated carbocycles. The van der Waals surface area contributed by atoms with Gasteiger partial charge in [-0.15, -0.1) is 0 Å². The molecule has 34 heavy (non-hydrogen) atoms. The topological polar surface area (TPSA) is 109 Å². The van der Waals surface area contributed by atoms with Crippen LogP contribution < -0.4 is 16.0 Å². The van der Waals surface area contributed by atoms with E-state index in [1.165, 1.54) is 6.92 Å². The number of hydrogen-bond acceptors (Lipinski definition) is 6. The molecule has 178 valence electrons. The minimum atomic E-state index is -0.243. The zero-order valence-corrected chi connectivity index (χ0v) is 20.0. The molecule has 2 aliphatic heterocycles. The van der Waals surface area contributed by atoms with Crippen molar-refractivity contribution in [2.24, 2.45) is 5.73 Å². The van der Waals surface area contributed by atoms with Crippen LogP contribution in [-0.4, -0.2) is 57.0 Å². The van der Waals surface area contributed by atoms with Crippen molar-refractivity contribution in [1.82, 2.24) is 19.5 Å². The Hall–Kier alpha value is -3.17. The summed E-state index contributed by atoms with van der Waals surface area (Å²) >= 11 is 6.20. The Labute approximate surface area is 202 Å². The monoisotopic (exact) mass is 481 g/mol. The van der Waals surface area contributed by atoms with Crippen LogP contribution in [0.5, 0.6) is 0 Å². The predicted octanol–water partition coefficient (Wildman–Crippen LogP) is 3.16. The molecule has 2 fully saturated rings. The number of hydrogen-bond donors (Lipinski definition) is 2. The highest BCUT2D eigenvalue weighted by Crippen LogP contribution is 2.34. The molecule has 2 amide bonds. The van der Waals surface area contributed by atoms with Crippen molar-refractivity contribution < 1.29 is 9.59 Å². The minimum Gasteiger partial charge on any atom is -0.353 e. The molecule has 5 rings (SSSR count). The van der Waals surface area contributed by atoms with E-state index in [1.807, 2.05) is 24.1 Å². The number of amides is 2. The minimum absolute atomic E-state index is 0.174. The highest BCUT2D eigenvalue weighted by atomic mass is 35.5. The van der Waals surface area contributed by atoms with Gasteiger partial charge in [-0.05, 0) is 44.4 Å². The smallest absolute Gasteiger partial charge is 0.256 e. The Morgan fingerprint density at radius 1 is 1.21 bits per heavy atom. The van der Waals surface area contributed by atoms with Gasteiger partial charge >= 0.3 is 0 Å². The zero-order chi connectivity index (χ0) is 24.0. The first-order valence-corrected chi connectivity index (χ1v) is 11.9. The average Bonchev–Trinajstić information content (AvgIpc) is 3.19. The van der Waals surface area contributed by atoms with Crippen LogP contribution in [0.3, 0.4) is 0 Å². The number of aromatic nitrogens is 3. The van der Waals surface area contributed by atoms with E-state index in [4.69, 9.17) is 27.4 Å². The number of carbonyl (C=O) groups is 2. The Kier molecular flexibility index (Phi) is 5.91. The summed E-state index contributed by atoms with van der Waals surface area (Å²) in [7, 11) is 0. The maximum Gasteiger partial charge on any atom is 0.256 e. The van der Waals surface area contributed by atoms with Gasteiger partial charge in [0.25, 0.3) is 5.91 Å². The fourth-order valence-corrected chi connectivity index (χ4v) is 4.99. The van der Waals surface area contributed by atoms with Gasteiger partial charge in [0, 0.05) is 55.4 Å². The van der Waals surface area contributed by atoms with E-state index < -0.39 is 0 Å². The second-order valence-electron chi connectivity index (χ2n) is 9.17. The summed E-state index contributed by atoms with van der Waals surface area (Å²) in [5.74, 6) is 0.510. The van der Waals surface area contributed by atoms with Gasteiger partial charge in [-0.25, -0.2) is 9.50 Å². The lowest BCUT2D eigenvalue weighted by atomic mass is 9.98. The fourth-order valence-electron chi connectivity index (χ4n) is 4.82. The van der Waals surface area contributed by atoms with Crippen LogP contribution in [0, 0.1) is 6.92 Å². The van der Waals surface area contributed by atoms with Gasteiger partial charge in [-0.3, -0.25) is 9.59 Å². The van der Waals surface area contributed by atoms with Crippen molar-refractivity contribution in [3.63, 3.8) is 0 Å². The summed E-state index contributed by atoms with van der Waals surface area (Å²) < 4.78 is 1.78. The van der Waals surface area contributed by atoms with Crippen LogP contribution in [-0.2, 0) is 4.79 Å². The Bertz CT molecular complexity index is 1270.